The van der Waals surface area contributed by atoms with Gasteiger partial charge in [-0.05, 0) is 18.2 Å². The van der Waals surface area contributed by atoms with Crippen molar-refractivity contribution >= 4 is 23.5 Å². The van der Waals surface area contributed by atoms with E-state index in [0.29, 0.717) is 6.04 Å². The van der Waals surface area contributed by atoms with Gasteiger partial charge in [-0.3, -0.25) is 0 Å². The molecule has 0 aliphatic rings. The predicted molar refractivity (Wildman–Crippen MR) is 98.1 cm³/mol. The number of thioether (sulfide) groups is 2. The zero-order chi connectivity index (χ0) is 14.8. The van der Waals surface area contributed by atoms with Gasteiger partial charge in [0.1, 0.15) is 0 Å². The van der Waals surface area contributed by atoms with E-state index < -0.39 is 0 Å². The first-order valence-electron chi connectivity index (χ1n) is 7.29. The highest BCUT2D eigenvalue weighted by molar-refractivity contribution is 7.99. The summed E-state index contributed by atoms with van der Waals surface area (Å²) in [4.78, 5) is 0. The summed E-state index contributed by atoms with van der Waals surface area (Å²) >= 11 is 4.02. The number of rotatable bonds is 9. The molecule has 0 unspecified atom stereocenters. The van der Waals surface area contributed by atoms with E-state index in [-0.39, 0.29) is 0 Å². The van der Waals surface area contributed by atoms with Crippen LogP contribution in [-0.2, 0) is 11.5 Å². The highest BCUT2D eigenvalue weighted by Gasteiger charge is 2.06. The highest BCUT2D eigenvalue weighted by Crippen LogP contribution is 2.17. The fourth-order valence-corrected chi connectivity index (χ4v) is 4.38. The van der Waals surface area contributed by atoms with Gasteiger partial charge < -0.3 is 5.32 Å². The topological polar surface area (TPSA) is 12.0 Å². The van der Waals surface area contributed by atoms with E-state index in [1.165, 1.54) is 11.1 Å². The van der Waals surface area contributed by atoms with Crippen LogP contribution >= 0.6 is 23.5 Å². The summed E-state index contributed by atoms with van der Waals surface area (Å²) in [5.74, 6) is 4.52. The second kappa shape index (κ2) is 9.93. The van der Waals surface area contributed by atoms with E-state index in [1.807, 2.05) is 23.5 Å². The lowest BCUT2D eigenvalue weighted by atomic mass is 10.2. The molecule has 0 saturated carbocycles. The van der Waals surface area contributed by atoms with E-state index in [2.05, 4.69) is 73.0 Å². The third-order valence-electron chi connectivity index (χ3n) is 3.27. The van der Waals surface area contributed by atoms with Crippen molar-refractivity contribution in [2.24, 2.45) is 0 Å². The molecule has 1 nitrogen and oxygen atoms in total. The van der Waals surface area contributed by atoms with Crippen LogP contribution in [0.15, 0.2) is 60.7 Å². The molecule has 3 heteroatoms. The highest BCUT2D eigenvalue weighted by atomic mass is 32.2. The van der Waals surface area contributed by atoms with Crippen molar-refractivity contribution in [3.8, 4) is 0 Å². The van der Waals surface area contributed by atoms with Crippen molar-refractivity contribution in [3.63, 3.8) is 0 Å². The first-order valence-corrected chi connectivity index (χ1v) is 9.60. The molecular weight excluding hydrogens is 294 g/mol. The van der Waals surface area contributed by atoms with Crippen LogP contribution in [0.4, 0.5) is 0 Å². The van der Waals surface area contributed by atoms with Crippen LogP contribution in [0.5, 0.6) is 0 Å². The number of benzene rings is 2. The van der Waals surface area contributed by atoms with Crippen molar-refractivity contribution in [1.29, 1.82) is 0 Å². The van der Waals surface area contributed by atoms with Crippen molar-refractivity contribution < 1.29 is 0 Å². The monoisotopic (exact) mass is 317 g/mol. The maximum absolute atomic E-state index is 3.43. The zero-order valence-electron chi connectivity index (χ0n) is 12.5. The molecule has 0 fully saturated rings. The Labute approximate surface area is 136 Å². The summed E-state index contributed by atoms with van der Waals surface area (Å²) in [6, 6.07) is 22.0. The zero-order valence-corrected chi connectivity index (χ0v) is 14.1. The summed E-state index contributed by atoms with van der Waals surface area (Å²) in [5, 5.41) is 3.43. The lowest BCUT2D eigenvalue weighted by Crippen LogP contribution is -2.30. The average Bonchev–Trinajstić information content (AvgIpc) is 2.55. The smallest absolute Gasteiger partial charge is 0.0246 e. The molecule has 0 aliphatic carbocycles. The normalized spacial score (nSPS) is 11.0. The van der Waals surface area contributed by atoms with E-state index in [4.69, 9.17) is 0 Å². The average molecular weight is 318 g/mol. The third kappa shape index (κ3) is 6.60. The maximum atomic E-state index is 3.43. The second-order valence-electron chi connectivity index (χ2n) is 4.99. The Morgan fingerprint density at radius 3 is 1.57 bits per heavy atom. The summed E-state index contributed by atoms with van der Waals surface area (Å²) in [5.41, 5.74) is 2.82. The summed E-state index contributed by atoms with van der Waals surface area (Å²) < 4.78 is 0. The van der Waals surface area contributed by atoms with Crippen LogP contribution < -0.4 is 5.32 Å². The molecule has 0 bridgehead atoms. The third-order valence-corrected chi connectivity index (χ3v) is 5.62. The summed E-state index contributed by atoms with van der Waals surface area (Å²) in [6.07, 6.45) is 0. The van der Waals surface area contributed by atoms with Gasteiger partial charge in [-0.25, -0.2) is 0 Å². The molecule has 0 heterocycles. The number of hydrogen-bond acceptors (Lipinski definition) is 3. The Balaban J connectivity index is 1.64. The molecule has 2 aromatic rings. The Bertz CT molecular complexity index is 442. The first-order chi connectivity index (χ1) is 10.4. The molecule has 2 aromatic carbocycles. The van der Waals surface area contributed by atoms with Gasteiger partial charge in [0.2, 0.25) is 0 Å². The van der Waals surface area contributed by atoms with Gasteiger partial charge in [0.25, 0.3) is 0 Å². The molecule has 0 atom stereocenters. The van der Waals surface area contributed by atoms with Crippen LogP contribution in [0.25, 0.3) is 0 Å². The Morgan fingerprint density at radius 1 is 0.762 bits per heavy atom. The fraction of sp³-hybridized carbons (Fsp3) is 0.333. The Morgan fingerprint density at radius 2 is 1.19 bits per heavy atom. The minimum Gasteiger partial charge on any atom is -0.315 e. The van der Waals surface area contributed by atoms with Crippen LogP contribution in [0.3, 0.4) is 0 Å². The Hall–Kier alpha value is -0.900. The molecule has 0 aromatic heterocycles. The molecule has 0 spiro atoms. The van der Waals surface area contributed by atoms with Crippen molar-refractivity contribution in [2.45, 2.75) is 17.5 Å². The fourth-order valence-electron chi connectivity index (χ4n) is 2.00. The van der Waals surface area contributed by atoms with E-state index >= 15 is 0 Å². The molecule has 112 valence electrons. The van der Waals surface area contributed by atoms with Gasteiger partial charge in [-0.1, -0.05) is 60.7 Å². The molecule has 0 aliphatic heterocycles. The molecule has 2 rings (SSSR count). The van der Waals surface area contributed by atoms with Crippen LogP contribution in [-0.4, -0.2) is 24.6 Å². The molecule has 0 radical (unpaired) electrons. The van der Waals surface area contributed by atoms with E-state index in [9.17, 15) is 0 Å². The lowest BCUT2D eigenvalue weighted by Gasteiger charge is -2.15. The number of hydrogen-bond donors (Lipinski definition) is 1. The predicted octanol–water partition coefficient (Wildman–Crippen LogP) is 4.44. The largest absolute Gasteiger partial charge is 0.315 e. The molecule has 1 N–H and O–H groups in total. The van der Waals surface area contributed by atoms with Crippen LogP contribution in [0.1, 0.15) is 11.1 Å². The molecular formula is C18H23NS2. The summed E-state index contributed by atoms with van der Waals surface area (Å²) in [6.45, 7) is 0. The SMILES string of the molecule is CNC(CSCc1ccccc1)CSCc1ccccc1. The first kappa shape index (κ1) is 16.5. The van der Waals surface area contributed by atoms with Crippen LogP contribution in [0, 0.1) is 0 Å². The maximum Gasteiger partial charge on any atom is 0.0246 e. The van der Waals surface area contributed by atoms with Gasteiger partial charge >= 0.3 is 0 Å². The molecule has 21 heavy (non-hydrogen) atoms. The van der Waals surface area contributed by atoms with Gasteiger partial charge in [-0.2, -0.15) is 23.5 Å². The minimum absolute atomic E-state index is 0.576. The number of nitrogens with one attached hydrogen (secondary N) is 1. The van der Waals surface area contributed by atoms with Gasteiger partial charge in [0, 0.05) is 29.1 Å². The van der Waals surface area contributed by atoms with Gasteiger partial charge in [0.05, 0.1) is 0 Å². The van der Waals surface area contributed by atoms with Crippen molar-refractivity contribution in [2.75, 3.05) is 18.6 Å². The summed E-state index contributed by atoms with van der Waals surface area (Å²) in [7, 11) is 2.07. The van der Waals surface area contributed by atoms with Crippen LogP contribution in [0.2, 0.25) is 0 Å². The molecule has 0 amide bonds. The minimum atomic E-state index is 0.576. The van der Waals surface area contributed by atoms with E-state index in [0.717, 1.165) is 23.0 Å². The van der Waals surface area contributed by atoms with Gasteiger partial charge in [0.15, 0.2) is 0 Å². The van der Waals surface area contributed by atoms with Gasteiger partial charge in [-0.15, -0.1) is 0 Å². The Kier molecular flexibility index (Phi) is 7.79. The molecule has 0 saturated heterocycles. The van der Waals surface area contributed by atoms with Crippen molar-refractivity contribution in [3.05, 3.63) is 71.8 Å². The second-order valence-corrected chi connectivity index (χ2v) is 7.05. The van der Waals surface area contributed by atoms with E-state index in [1.54, 1.807) is 0 Å². The standard InChI is InChI=1S/C18H23NS2/c1-19-18(14-20-12-16-8-4-2-5-9-16)15-21-13-17-10-6-3-7-11-17/h2-11,18-19H,12-15H2,1H3. The quantitative estimate of drug-likeness (QED) is 0.734. The van der Waals surface area contributed by atoms with Crippen molar-refractivity contribution in [1.82, 2.24) is 5.32 Å². The lowest BCUT2D eigenvalue weighted by molar-refractivity contribution is 0.686.